The number of hydrogen-bond donors (Lipinski definition) is 1. The molecular weight excluding hydrogens is 196 g/mol. The van der Waals surface area contributed by atoms with E-state index in [1.54, 1.807) is 0 Å². The predicted molar refractivity (Wildman–Crippen MR) is 65.8 cm³/mol. The fourth-order valence-electron chi connectivity index (χ4n) is 1.16. The average Bonchev–Trinajstić information content (AvgIpc) is 2.13. The topological polar surface area (TPSA) is 0 Å². The Morgan fingerprint density at radius 2 is 2.23 bits per heavy atom. The lowest BCUT2D eigenvalue weighted by molar-refractivity contribution is 1.13. The normalized spacial score (nSPS) is 10.3. The van der Waals surface area contributed by atoms with E-state index in [9.17, 15) is 0 Å². The van der Waals surface area contributed by atoms with Gasteiger partial charge in [0.1, 0.15) is 0 Å². The molecule has 0 saturated carbocycles. The summed E-state index contributed by atoms with van der Waals surface area (Å²) in [6.45, 7) is 2.14. The molecule has 0 aromatic heterocycles. The molecular formula is C11H16S2. The Kier molecular flexibility index (Phi) is 5.40. The van der Waals surface area contributed by atoms with Crippen molar-refractivity contribution in [3.63, 3.8) is 0 Å². The molecule has 0 saturated heterocycles. The first-order chi connectivity index (χ1) is 6.33. The van der Waals surface area contributed by atoms with Crippen LogP contribution >= 0.6 is 24.4 Å². The summed E-state index contributed by atoms with van der Waals surface area (Å²) in [6.07, 6.45) is 1.21. The van der Waals surface area contributed by atoms with Crippen molar-refractivity contribution in [2.24, 2.45) is 0 Å². The Labute approximate surface area is 90.5 Å². The third-order valence-electron chi connectivity index (χ3n) is 1.80. The summed E-state index contributed by atoms with van der Waals surface area (Å²) in [5.74, 6) is 3.35. The SMILES string of the molecule is Cc1cccc(CSCCCS)c1. The first-order valence-corrected chi connectivity index (χ1v) is 6.36. The largest absolute Gasteiger partial charge is 0.179 e. The molecule has 0 amide bonds. The maximum atomic E-state index is 4.18. The highest BCUT2D eigenvalue weighted by molar-refractivity contribution is 7.98. The van der Waals surface area contributed by atoms with E-state index >= 15 is 0 Å². The summed E-state index contributed by atoms with van der Waals surface area (Å²) in [5.41, 5.74) is 2.79. The standard InChI is InChI=1S/C11H16S2/c1-10-4-2-5-11(8-10)9-13-7-3-6-12/h2,4-5,8,12H,3,6-7,9H2,1H3. The molecule has 0 N–H and O–H groups in total. The van der Waals surface area contributed by atoms with Crippen LogP contribution in [0.15, 0.2) is 24.3 Å². The molecule has 0 heterocycles. The Balaban J connectivity index is 2.28. The zero-order valence-corrected chi connectivity index (χ0v) is 9.70. The number of rotatable bonds is 5. The van der Waals surface area contributed by atoms with E-state index < -0.39 is 0 Å². The van der Waals surface area contributed by atoms with Crippen molar-refractivity contribution in [3.8, 4) is 0 Å². The summed E-state index contributed by atoms with van der Waals surface area (Å²) >= 11 is 6.17. The third-order valence-corrected chi connectivity index (χ3v) is 3.23. The lowest BCUT2D eigenvalue weighted by Crippen LogP contribution is -1.85. The molecule has 0 radical (unpaired) electrons. The molecule has 1 aromatic carbocycles. The Morgan fingerprint density at radius 1 is 1.38 bits per heavy atom. The first kappa shape index (κ1) is 11.0. The number of aryl methyl sites for hydroxylation is 1. The lowest BCUT2D eigenvalue weighted by atomic mass is 10.2. The monoisotopic (exact) mass is 212 g/mol. The van der Waals surface area contributed by atoms with Crippen LogP contribution in [0.3, 0.4) is 0 Å². The van der Waals surface area contributed by atoms with Crippen LogP contribution in [0.1, 0.15) is 17.5 Å². The van der Waals surface area contributed by atoms with E-state index in [1.165, 1.54) is 23.3 Å². The molecule has 0 aliphatic carbocycles. The van der Waals surface area contributed by atoms with Gasteiger partial charge >= 0.3 is 0 Å². The van der Waals surface area contributed by atoms with Crippen LogP contribution in [0.4, 0.5) is 0 Å². The van der Waals surface area contributed by atoms with Crippen LogP contribution in [0.25, 0.3) is 0 Å². The summed E-state index contributed by atoms with van der Waals surface area (Å²) in [6, 6.07) is 8.72. The fourth-order valence-corrected chi connectivity index (χ4v) is 2.44. The quantitative estimate of drug-likeness (QED) is 0.575. The summed E-state index contributed by atoms with van der Waals surface area (Å²) in [7, 11) is 0. The maximum Gasteiger partial charge on any atom is 0.0184 e. The van der Waals surface area contributed by atoms with Crippen LogP contribution in [0.5, 0.6) is 0 Å². The first-order valence-electron chi connectivity index (χ1n) is 4.57. The molecule has 2 heteroatoms. The number of thioether (sulfide) groups is 1. The predicted octanol–water partition coefficient (Wildman–Crippen LogP) is 3.55. The number of benzene rings is 1. The average molecular weight is 212 g/mol. The van der Waals surface area contributed by atoms with Gasteiger partial charge in [-0.25, -0.2) is 0 Å². The van der Waals surface area contributed by atoms with Crippen LogP contribution in [-0.4, -0.2) is 11.5 Å². The fraction of sp³-hybridized carbons (Fsp3) is 0.455. The lowest BCUT2D eigenvalue weighted by Gasteiger charge is -2.01. The minimum Gasteiger partial charge on any atom is -0.179 e. The molecule has 1 aromatic rings. The van der Waals surface area contributed by atoms with Crippen molar-refractivity contribution >= 4 is 24.4 Å². The van der Waals surface area contributed by atoms with Crippen LogP contribution in [0.2, 0.25) is 0 Å². The smallest absolute Gasteiger partial charge is 0.0184 e. The Hall–Kier alpha value is -0.0800. The van der Waals surface area contributed by atoms with Crippen molar-refractivity contribution in [1.82, 2.24) is 0 Å². The van der Waals surface area contributed by atoms with E-state index in [0.717, 1.165) is 11.5 Å². The second-order valence-corrected chi connectivity index (χ2v) is 4.67. The van der Waals surface area contributed by atoms with Gasteiger partial charge in [-0.15, -0.1) is 0 Å². The molecule has 13 heavy (non-hydrogen) atoms. The van der Waals surface area contributed by atoms with E-state index in [2.05, 4.69) is 43.8 Å². The zero-order chi connectivity index (χ0) is 9.52. The van der Waals surface area contributed by atoms with Gasteiger partial charge in [0.15, 0.2) is 0 Å². The molecule has 0 aliphatic heterocycles. The highest BCUT2D eigenvalue weighted by Crippen LogP contribution is 2.14. The molecule has 0 spiro atoms. The van der Waals surface area contributed by atoms with Crippen molar-refractivity contribution in [2.45, 2.75) is 19.1 Å². The van der Waals surface area contributed by atoms with Crippen LogP contribution in [0, 0.1) is 6.92 Å². The Morgan fingerprint density at radius 3 is 2.92 bits per heavy atom. The van der Waals surface area contributed by atoms with Crippen LogP contribution in [-0.2, 0) is 5.75 Å². The maximum absolute atomic E-state index is 4.18. The second kappa shape index (κ2) is 6.39. The van der Waals surface area contributed by atoms with E-state index in [1.807, 2.05) is 11.8 Å². The number of hydrogen-bond acceptors (Lipinski definition) is 2. The highest BCUT2D eigenvalue weighted by atomic mass is 32.2. The molecule has 0 bridgehead atoms. The highest BCUT2D eigenvalue weighted by Gasteiger charge is 1.93. The van der Waals surface area contributed by atoms with Crippen LogP contribution < -0.4 is 0 Å². The molecule has 0 atom stereocenters. The van der Waals surface area contributed by atoms with Gasteiger partial charge in [-0.1, -0.05) is 29.8 Å². The zero-order valence-electron chi connectivity index (χ0n) is 7.99. The van der Waals surface area contributed by atoms with Gasteiger partial charge in [-0.3, -0.25) is 0 Å². The Bertz CT molecular complexity index is 246. The summed E-state index contributed by atoms with van der Waals surface area (Å²) in [4.78, 5) is 0. The van der Waals surface area contributed by atoms with Gasteiger partial charge in [0.2, 0.25) is 0 Å². The minimum absolute atomic E-state index is 1.00. The molecule has 1 rings (SSSR count). The van der Waals surface area contributed by atoms with Gasteiger partial charge in [0.25, 0.3) is 0 Å². The van der Waals surface area contributed by atoms with Gasteiger partial charge in [0.05, 0.1) is 0 Å². The van der Waals surface area contributed by atoms with E-state index in [0.29, 0.717) is 0 Å². The van der Waals surface area contributed by atoms with Crippen molar-refractivity contribution in [2.75, 3.05) is 11.5 Å². The third kappa shape index (κ3) is 4.63. The molecule has 0 aliphatic rings. The second-order valence-electron chi connectivity index (χ2n) is 3.12. The summed E-state index contributed by atoms with van der Waals surface area (Å²) in [5, 5.41) is 0. The molecule has 72 valence electrons. The minimum atomic E-state index is 1.00. The van der Waals surface area contributed by atoms with Crippen molar-refractivity contribution in [1.29, 1.82) is 0 Å². The van der Waals surface area contributed by atoms with Gasteiger partial charge < -0.3 is 0 Å². The van der Waals surface area contributed by atoms with Gasteiger partial charge in [-0.2, -0.15) is 24.4 Å². The van der Waals surface area contributed by atoms with Crippen molar-refractivity contribution < 1.29 is 0 Å². The van der Waals surface area contributed by atoms with Gasteiger partial charge in [0, 0.05) is 5.75 Å². The van der Waals surface area contributed by atoms with Crippen molar-refractivity contribution in [3.05, 3.63) is 35.4 Å². The number of thiol groups is 1. The molecule has 0 fully saturated rings. The van der Waals surface area contributed by atoms with E-state index in [4.69, 9.17) is 0 Å². The molecule has 0 nitrogen and oxygen atoms in total. The molecule has 0 unspecified atom stereocenters. The summed E-state index contributed by atoms with van der Waals surface area (Å²) < 4.78 is 0. The van der Waals surface area contributed by atoms with Gasteiger partial charge in [-0.05, 0) is 30.4 Å². The van der Waals surface area contributed by atoms with E-state index in [-0.39, 0.29) is 0 Å².